The van der Waals surface area contributed by atoms with Gasteiger partial charge < -0.3 is 14.7 Å². The Hall–Kier alpha value is -4.39. The number of likely N-dealkylation sites (tertiary alicyclic amines) is 1. The number of nitriles is 1. The Kier molecular flexibility index (Phi) is 6.45. The summed E-state index contributed by atoms with van der Waals surface area (Å²) >= 11 is 0. The van der Waals surface area contributed by atoms with Gasteiger partial charge in [0.1, 0.15) is 23.6 Å². The van der Waals surface area contributed by atoms with Crippen LogP contribution in [0.4, 0.5) is 4.39 Å². The molecule has 1 saturated heterocycles. The zero-order valence-electron chi connectivity index (χ0n) is 18.2. The summed E-state index contributed by atoms with van der Waals surface area (Å²) in [7, 11) is 0. The maximum absolute atomic E-state index is 14.8. The summed E-state index contributed by atoms with van der Waals surface area (Å²) in [5, 5.41) is 18.7. The van der Waals surface area contributed by atoms with E-state index in [1.54, 1.807) is 11.0 Å². The molecule has 10 heteroatoms. The number of piperidine rings is 1. The van der Waals surface area contributed by atoms with Crippen molar-refractivity contribution in [1.82, 2.24) is 19.9 Å². The number of carboxylic acid groups (broad SMARTS) is 1. The van der Waals surface area contributed by atoms with Crippen LogP contribution in [0.2, 0.25) is 0 Å². The first-order chi connectivity index (χ1) is 16.4. The molecule has 2 aromatic heterocycles. The van der Waals surface area contributed by atoms with Crippen molar-refractivity contribution in [3.05, 3.63) is 71.4 Å². The number of benzene rings is 1. The molecule has 3 heterocycles. The van der Waals surface area contributed by atoms with Crippen molar-refractivity contribution in [2.45, 2.75) is 31.9 Å². The normalized spacial score (nSPS) is 17.6. The van der Waals surface area contributed by atoms with Gasteiger partial charge in [-0.1, -0.05) is 6.07 Å². The van der Waals surface area contributed by atoms with E-state index < -0.39 is 23.8 Å². The van der Waals surface area contributed by atoms with Gasteiger partial charge in [0.2, 0.25) is 5.88 Å². The second-order valence-electron chi connectivity index (χ2n) is 7.81. The highest BCUT2D eigenvalue weighted by Gasteiger charge is 2.33. The summed E-state index contributed by atoms with van der Waals surface area (Å²) in [4.78, 5) is 38.9. The van der Waals surface area contributed by atoms with Crippen LogP contribution >= 0.6 is 0 Å². The third-order valence-corrected chi connectivity index (χ3v) is 5.66. The molecule has 0 aliphatic carbocycles. The molecule has 172 valence electrons. The average Bonchev–Trinajstić information content (AvgIpc) is 2.84. The Morgan fingerprint density at radius 3 is 2.62 bits per heavy atom. The number of carbonyl (C=O) groups is 2. The average molecular weight is 461 g/mol. The lowest BCUT2D eigenvalue weighted by atomic mass is 9.98. The lowest BCUT2D eigenvalue weighted by molar-refractivity contribution is 0.0363. The number of halogens is 1. The predicted octanol–water partition coefficient (Wildman–Crippen LogP) is 3.32. The monoisotopic (exact) mass is 461 g/mol. The van der Waals surface area contributed by atoms with Gasteiger partial charge in [-0.05, 0) is 44.0 Å². The fourth-order valence-electron chi connectivity index (χ4n) is 3.96. The van der Waals surface area contributed by atoms with E-state index in [-0.39, 0.29) is 46.5 Å². The fourth-order valence-corrected chi connectivity index (χ4v) is 3.96. The molecule has 3 aromatic rings. The van der Waals surface area contributed by atoms with Crippen LogP contribution in [0.5, 0.6) is 5.88 Å². The van der Waals surface area contributed by atoms with Crippen LogP contribution in [0.1, 0.15) is 46.0 Å². The van der Waals surface area contributed by atoms with Crippen molar-refractivity contribution in [1.29, 1.82) is 5.26 Å². The van der Waals surface area contributed by atoms with E-state index in [4.69, 9.17) is 4.74 Å². The predicted molar refractivity (Wildman–Crippen MR) is 117 cm³/mol. The van der Waals surface area contributed by atoms with E-state index in [0.29, 0.717) is 12.8 Å². The molecule has 1 fully saturated rings. The van der Waals surface area contributed by atoms with Gasteiger partial charge in [0.25, 0.3) is 5.91 Å². The molecule has 0 saturated carbocycles. The second kappa shape index (κ2) is 9.62. The molecule has 34 heavy (non-hydrogen) atoms. The number of ether oxygens (including phenoxy) is 1. The second-order valence-corrected chi connectivity index (χ2v) is 7.81. The quantitative estimate of drug-likeness (QED) is 0.613. The lowest BCUT2D eigenvalue weighted by Gasteiger charge is -2.38. The van der Waals surface area contributed by atoms with Crippen LogP contribution < -0.4 is 4.74 Å². The van der Waals surface area contributed by atoms with Gasteiger partial charge in [0.15, 0.2) is 5.82 Å². The Balaban J connectivity index is 1.63. The summed E-state index contributed by atoms with van der Waals surface area (Å²) in [5.74, 6) is -2.44. The first-order valence-corrected chi connectivity index (χ1v) is 10.6. The fraction of sp³-hybridized carbons (Fsp3) is 0.250. The number of rotatable bonds is 5. The summed E-state index contributed by atoms with van der Waals surface area (Å²) in [5.41, 5.74) is -0.258. The number of pyridine rings is 1. The van der Waals surface area contributed by atoms with Crippen LogP contribution in [0.3, 0.4) is 0 Å². The number of carbonyl (C=O) groups excluding carboxylic acids is 1. The van der Waals surface area contributed by atoms with Gasteiger partial charge in [-0.15, -0.1) is 0 Å². The molecular formula is C24H20FN5O4. The molecule has 2 atom stereocenters. The summed E-state index contributed by atoms with van der Waals surface area (Å²) in [6, 6.07) is 8.77. The molecule has 1 aliphatic rings. The number of aromatic carboxylic acids is 1. The van der Waals surface area contributed by atoms with Crippen LogP contribution in [0.25, 0.3) is 11.4 Å². The summed E-state index contributed by atoms with van der Waals surface area (Å²) in [6.45, 7) is 2.01. The Bertz CT molecular complexity index is 1280. The van der Waals surface area contributed by atoms with Crippen molar-refractivity contribution >= 4 is 11.9 Å². The smallest absolute Gasteiger partial charge is 0.342 e. The molecule has 1 N–H and O–H groups in total. The Morgan fingerprint density at radius 1 is 1.15 bits per heavy atom. The minimum Gasteiger partial charge on any atom is -0.477 e. The number of amides is 1. The van der Waals surface area contributed by atoms with E-state index in [2.05, 4.69) is 15.0 Å². The van der Waals surface area contributed by atoms with E-state index >= 15 is 0 Å². The molecular weight excluding hydrogens is 441 g/mol. The van der Waals surface area contributed by atoms with E-state index in [1.807, 2.05) is 13.0 Å². The van der Waals surface area contributed by atoms with Gasteiger partial charge in [0, 0.05) is 24.6 Å². The van der Waals surface area contributed by atoms with Gasteiger partial charge in [-0.2, -0.15) is 5.26 Å². The van der Waals surface area contributed by atoms with Gasteiger partial charge in [-0.25, -0.2) is 24.1 Å². The minimum atomic E-state index is -1.33. The molecule has 1 amide bonds. The number of aromatic nitrogens is 3. The van der Waals surface area contributed by atoms with Gasteiger partial charge in [0.05, 0.1) is 23.2 Å². The zero-order chi connectivity index (χ0) is 24.2. The standard InChI is InChI=1S/C24H20FN5O4/c1-14-6-7-16(34-22-19(24(32)33)15(12-26)8-11-29-22)13-30(14)23(31)17-4-2-5-18(25)20(17)21-27-9-3-10-28-21/h2-5,8-11,14,16H,6-7,13H2,1H3,(H,32,33)/t14-,16-/m1/s1. The van der Waals surface area contributed by atoms with E-state index in [9.17, 15) is 24.3 Å². The molecule has 9 nitrogen and oxygen atoms in total. The number of nitrogens with zero attached hydrogens (tertiary/aromatic N) is 5. The molecule has 0 bridgehead atoms. The van der Waals surface area contributed by atoms with E-state index in [1.165, 1.54) is 42.9 Å². The molecule has 1 aliphatic heterocycles. The third-order valence-electron chi connectivity index (χ3n) is 5.66. The molecule has 0 unspecified atom stereocenters. The molecule has 0 radical (unpaired) electrons. The van der Waals surface area contributed by atoms with Crippen LogP contribution in [-0.4, -0.2) is 55.5 Å². The van der Waals surface area contributed by atoms with Crippen LogP contribution in [0, 0.1) is 17.1 Å². The first kappa shape index (κ1) is 22.8. The number of carboxylic acids is 1. The maximum atomic E-state index is 14.8. The van der Waals surface area contributed by atoms with Crippen LogP contribution in [0.15, 0.2) is 48.9 Å². The highest BCUT2D eigenvalue weighted by molar-refractivity contribution is 6.00. The van der Waals surface area contributed by atoms with Crippen molar-refractivity contribution < 1.29 is 23.8 Å². The maximum Gasteiger partial charge on any atom is 0.342 e. The van der Waals surface area contributed by atoms with Gasteiger partial charge >= 0.3 is 5.97 Å². The molecule has 0 spiro atoms. The lowest BCUT2D eigenvalue weighted by Crippen LogP contribution is -2.49. The van der Waals surface area contributed by atoms with Crippen molar-refractivity contribution in [2.24, 2.45) is 0 Å². The summed E-state index contributed by atoms with van der Waals surface area (Å²) < 4.78 is 20.6. The highest BCUT2D eigenvalue weighted by atomic mass is 19.1. The first-order valence-electron chi connectivity index (χ1n) is 10.6. The number of hydrogen-bond donors (Lipinski definition) is 1. The van der Waals surface area contributed by atoms with E-state index in [0.717, 1.165) is 0 Å². The topological polar surface area (TPSA) is 129 Å². The van der Waals surface area contributed by atoms with Crippen molar-refractivity contribution in [3.63, 3.8) is 0 Å². The van der Waals surface area contributed by atoms with Crippen molar-refractivity contribution in [3.8, 4) is 23.3 Å². The molecule has 1 aromatic carbocycles. The Labute approximate surface area is 194 Å². The number of hydrogen-bond acceptors (Lipinski definition) is 7. The minimum absolute atomic E-state index is 0.0138. The largest absolute Gasteiger partial charge is 0.477 e. The molecule has 4 rings (SSSR count). The highest BCUT2D eigenvalue weighted by Crippen LogP contribution is 2.29. The van der Waals surface area contributed by atoms with Crippen LogP contribution in [-0.2, 0) is 0 Å². The SMILES string of the molecule is C[C@@H]1CC[C@@H](Oc2nccc(C#N)c2C(=O)O)CN1C(=O)c1cccc(F)c1-c1ncccn1. The third kappa shape index (κ3) is 4.41. The zero-order valence-corrected chi connectivity index (χ0v) is 18.2. The van der Waals surface area contributed by atoms with Crippen molar-refractivity contribution in [2.75, 3.05) is 6.54 Å². The summed E-state index contributed by atoms with van der Waals surface area (Å²) in [6.07, 6.45) is 4.79. The van der Waals surface area contributed by atoms with Gasteiger partial charge in [-0.3, -0.25) is 4.79 Å². The Morgan fingerprint density at radius 2 is 1.91 bits per heavy atom.